The third-order valence-corrected chi connectivity index (χ3v) is 11.2. The summed E-state index contributed by atoms with van der Waals surface area (Å²) in [4.78, 5) is 10.2. The van der Waals surface area contributed by atoms with Gasteiger partial charge < -0.3 is 9.32 Å². The number of rotatable bonds is 5. The van der Waals surface area contributed by atoms with Crippen molar-refractivity contribution in [3.63, 3.8) is 0 Å². The van der Waals surface area contributed by atoms with Gasteiger partial charge in [-0.25, -0.2) is 0 Å². The maximum Gasteiger partial charge on any atom is 0.159 e. The molecule has 0 atom stereocenters. The lowest BCUT2D eigenvalue weighted by Gasteiger charge is -2.47. The molecule has 1 aromatic heterocycles. The Balaban J connectivity index is 1.13. The van der Waals surface area contributed by atoms with Crippen molar-refractivity contribution in [3.8, 4) is 11.1 Å². The van der Waals surface area contributed by atoms with E-state index < -0.39 is 5.54 Å². The van der Waals surface area contributed by atoms with E-state index in [4.69, 9.17) is 9.41 Å². The van der Waals surface area contributed by atoms with E-state index in [0.29, 0.717) is 0 Å². The normalized spacial score (nSPS) is 15.2. The minimum Gasteiger partial charge on any atom is -0.454 e. The van der Waals surface area contributed by atoms with Gasteiger partial charge in [-0.05, 0) is 90.7 Å². The summed E-state index contributed by atoms with van der Waals surface area (Å²) in [5.41, 5.74) is 14.0. The number of benzene rings is 7. The van der Waals surface area contributed by atoms with Gasteiger partial charge in [0.1, 0.15) is 11.4 Å². The molecule has 0 saturated carbocycles. The molecule has 7 aromatic carbocycles. The predicted octanol–water partition coefficient (Wildman–Crippen LogP) is 13.2. The molecule has 2 aliphatic rings. The minimum atomic E-state index is -0.401. The fraction of sp³-hybridized carbons (Fsp3) is 0.122. The Bertz CT molecular complexity index is 2720. The smallest absolute Gasteiger partial charge is 0.159 e. The number of para-hydroxylation sites is 4. The van der Waals surface area contributed by atoms with Gasteiger partial charge in [-0.1, -0.05) is 123 Å². The van der Waals surface area contributed by atoms with Gasteiger partial charge in [0.2, 0.25) is 0 Å². The van der Waals surface area contributed by atoms with E-state index in [9.17, 15) is 0 Å². The highest BCUT2D eigenvalue weighted by Crippen LogP contribution is 2.55. The van der Waals surface area contributed by atoms with Gasteiger partial charge in [-0.15, -0.1) is 0 Å². The molecule has 53 heavy (non-hydrogen) atoms. The number of anilines is 5. The predicted molar refractivity (Wildman–Crippen MR) is 221 cm³/mol. The fourth-order valence-corrected chi connectivity index (χ4v) is 8.56. The third kappa shape index (κ3) is 4.79. The Morgan fingerprint density at radius 3 is 1.87 bits per heavy atom. The highest BCUT2D eigenvalue weighted by Gasteiger charge is 2.44. The second kappa shape index (κ2) is 11.6. The highest BCUT2D eigenvalue weighted by molar-refractivity contribution is 6.18. The van der Waals surface area contributed by atoms with Gasteiger partial charge in [0.15, 0.2) is 5.58 Å². The Kier molecular flexibility index (Phi) is 6.84. The zero-order chi connectivity index (χ0) is 35.9. The van der Waals surface area contributed by atoms with E-state index in [-0.39, 0.29) is 5.41 Å². The molecule has 0 unspecified atom stereocenters. The first-order chi connectivity index (χ1) is 25.8. The molecule has 256 valence electrons. The maximum atomic E-state index is 6.60. The van der Waals surface area contributed by atoms with Crippen LogP contribution in [0, 0.1) is 0 Å². The minimum absolute atomic E-state index is 0.144. The van der Waals surface area contributed by atoms with Crippen molar-refractivity contribution in [1.82, 2.24) is 0 Å². The van der Waals surface area contributed by atoms with Crippen molar-refractivity contribution < 1.29 is 4.42 Å². The van der Waals surface area contributed by atoms with Crippen LogP contribution in [0.1, 0.15) is 49.9 Å². The van der Waals surface area contributed by atoms with Crippen molar-refractivity contribution in [2.45, 2.75) is 38.6 Å². The zero-order valence-electron chi connectivity index (χ0n) is 30.3. The van der Waals surface area contributed by atoms with E-state index in [0.717, 1.165) is 50.4 Å². The van der Waals surface area contributed by atoms with Crippen molar-refractivity contribution in [2.24, 2.45) is 4.99 Å². The first-order valence-electron chi connectivity index (χ1n) is 18.4. The maximum absolute atomic E-state index is 6.60. The second-order valence-corrected chi connectivity index (χ2v) is 15.2. The molecule has 0 aliphatic carbocycles. The average Bonchev–Trinajstić information content (AvgIpc) is 3.58. The lowest BCUT2D eigenvalue weighted by Crippen LogP contribution is -2.43. The first kappa shape index (κ1) is 31.4. The van der Waals surface area contributed by atoms with Gasteiger partial charge in [-0.3, -0.25) is 9.89 Å². The summed E-state index contributed by atoms with van der Waals surface area (Å²) in [6.45, 7) is 9.15. The van der Waals surface area contributed by atoms with E-state index in [1.165, 1.54) is 39.2 Å². The largest absolute Gasteiger partial charge is 0.454 e. The standard InChI is InChI=1S/C49H39N3O/c1-48(2)39-18-9-10-21-42(39)52-45-40(48)19-13-20-41(45)49(3,4)50-47(52)34-26-30-36(31-27-34)51(35-28-24-33(25-29-35)32-14-6-5-7-15-32)43-22-12-17-38-37-16-8-11-23-44(37)53-46(38)43/h5-31H,1-4H3. The van der Waals surface area contributed by atoms with Crippen LogP contribution in [0.15, 0.2) is 173 Å². The SMILES string of the molecule is CC1(C)N=C(c2ccc(N(c3ccc(-c4ccccc4)cc3)c3cccc4c3oc3ccccc34)cc2)N2c3ccccc3C(C)(C)c3cccc1c32. The monoisotopic (exact) mass is 685 g/mol. The van der Waals surface area contributed by atoms with Crippen LogP contribution >= 0.6 is 0 Å². The first-order valence-corrected chi connectivity index (χ1v) is 18.4. The summed E-state index contributed by atoms with van der Waals surface area (Å²) in [5.74, 6) is 0.961. The molecule has 3 heterocycles. The van der Waals surface area contributed by atoms with Gasteiger partial charge in [-0.2, -0.15) is 0 Å². The molecule has 0 radical (unpaired) electrons. The van der Waals surface area contributed by atoms with Gasteiger partial charge in [0, 0.05) is 38.7 Å². The molecule has 0 amide bonds. The molecule has 4 heteroatoms. The Morgan fingerprint density at radius 2 is 1.09 bits per heavy atom. The lowest BCUT2D eigenvalue weighted by molar-refractivity contribution is 0.542. The zero-order valence-corrected chi connectivity index (χ0v) is 30.3. The van der Waals surface area contributed by atoms with Crippen LogP contribution in [0.2, 0.25) is 0 Å². The van der Waals surface area contributed by atoms with Crippen molar-refractivity contribution in [2.75, 3.05) is 9.80 Å². The van der Waals surface area contributed by atoms with Crippen LogP contribution in [-0.4, -0.2) is 5.84 Å². The quantitative estimate of drug-likeness (QED) is 0.181. The summed E-state index contributed by atoms with van der Waals surface area (Å²) in [6, 6.07) is 58.5. The molecular formula is C49H39N3O. The molecule has 0 saturated heterocycles. The Labute approximate surface area is 310 Å². The fourth-order valence-electron chi connectivity index (χ4n) is 8.56. The topological polar surface area (TPSA) is 32.0 Å². The van der Waals surface area contributed by atoms with Crippen LogP contribution in [-0.2, 0) is 11.0 Å². The second-order valence-electron chi connectivity index (χ2n) is 15.2. The summed E-state index contributed by atoms with van der Waals surface area (Å²) in [7, 11) is 0. The summed E-state index contributed by atoms with van der Waals surface area (Å²) >= 11 is 0. The van der Waals surface area contributed by atoms with Crippen molar-refractivity contribution >= 4 is 56.2 Å². The Hall–Kier alpha value is -6.39. The average molecular weight is 686 g/mol. The molecule has 10 rings (SSSR count). The number of hydrogen-bond donors (Lipinski definition) is 0. The van der Waals surface area contributed by atoms with E-state index >= 15 is 0 Å². The number of furan rings is 1. The summed E-state index contributed by atoms with van der Waals surface area (Å²) < 4.78 is 6.60. The number of hydrogen-bond acceptors (Lipinski definition) is 4. The van der Waals surface area contributed by atoms with Crippen LogP contribution in [0.5, 0.6) is 0 Å². The number of aliphatic imine (C=N–C) groups is 1. The molecule has 0 spiro atoms. The van der Waals surface area contributed by atoms with Crippen LogP contribution in [0.3, 0.4) is 0 Å². The van der Waals surface area contributed by atoms with E-state index in [1.54, 1.807) is 0 Å². The number of amidine groups is 1. The van der Waals surface area contributed by atoms with Gasteiger partial charge in [0.05, 0.1) is 22.6 Å². The summed E-state index contributed by atoms with van der Waals surface area (Å²) in [6.07, 6.45) is 0. The Morgan fingerprint density at radius 1 is 0.509 bits per heavy atom. The molecular weight excluding hydrogens is 647 g/mol. The van der Waals surface area contributed by atoms with Crippen molar-refractivity contribution in [1.29, 1.82) is 0 Å². The molecule has 8 aromatic rings. The summed E-state index contributed by atoms with van der Waals surface area (Å²) in [5, 5.41) is 2.21. The van der Waals surface area contributed by atoms with Gasteiger partial charge in [0.25, 0.3) is 0 Å². The van der Waals surface area contributed by atoms with Gasteiger partial charge >= 0.3 is 0 Å². The highest BCUT2D eigenvalue weighted by atomic mass is 16.3. The van der Waals surface area contributed by atoms with Crippen molar-refractivity contribution in [3.05, 3.63) is 186 Å². The molecule has 2 aliphatic heterocycles. The number of fused-ring (bicyclic) bond motifs is 5. The van der Waals surface area contributed by atoms with E-state index in [2.05, 4.69) is 189 Å². The van der Waals surface area contributed by atoms with Crippen LogP contribution in [0.25, 0.3) is 33.1 Å². The molecule has 0 N–H and O–H groups in total. The van der Waals surface area contributed by atoms with Crippen LogP contribution < -0.4 is 9.80 Å². The lowest BCUT2D eigenvalue weighted by atomic mass is 9.71. The molecule has 0 bridgehead atoms. The van der Waals surface area contributed by atoms with E-state index in [1.807, 2.05) is 12.1 Å². The third-order valence-electron chi connectivity index (χ3n) is 11.2. The molecule has 0 fully saturated rings. The van der Waals surface area contributed by atoms with Crippen LogP contribution in [0.4, 0.5) is 28.4 Å². The number of nitrogens with zero attached hydrogens (tertiary/aromatic N) is 3. The molecule has 4 nitrogen and oxygen atoms in total.